The number of hydrogen-bond donors (Lipinski definition) is 2. The van der Waals surface area contributed by atoms with Gasteiger partial charge >= 0.3 is 0 Å². The number of aryl methyl sites for hydroxylation is 1. The summed E-state index contributed by atoms with van der Waals surface area (Å²) >= 11 is 1.23. The smallest absolute Gasteiger partial charge is 0.263 e. The molecule has 7 heteroatoms. The minimum atomic E-state index is -3.67. The third-order valence-corrected chi connectivity index (χ3v) is 4.83. The van der Waals surface area contributed by atoms with Gasteiger partial charge in [-0.1, -0.05) is 12.1 Å². The Labute approximate surface area is 116 Å². The lowest BCUT2D eigenvalue weighted by Crippen LogP contribution is -2.13. The molecule has 0 fully saturated rings. The van der Waals surface area contributed by atoms with E-state index >= 15 is 0 Å². The number of nitrogens with one attached hydrogen (secondary N) is 1. The van der Waals surface area contributed by atoms with E-state index in [0.717, 1.165) is 5.69 Å². The first-order chi connectivity index (χ1) is 8.88. The van der Waals surface area contributed by atoms with Crippen LogP contribution in [0.1, 0.15) is 24.3 Å². The maximum Gasteiger partial charge on any atom is 0.263 e. The number of hydrogen-bond acceptors (Lipinski definition) is 5. The number of thiazole rings is 1. The van der Waals surface area contributed by atoms with Crippen LogP contribution in [-0.2, 0) is 10.0 Å². The largest absolute Gasteiger partial charge is 0.389 e. The molecule has 2 N–H and O–H groups in total. The summed E-state index contributed by atoms with van der Waals surface area (Å²) in [5, 5.41) is 11.6. The van der Waals surface area contributed by atoms with E-state index in [0.29, 0.717) is 10.7 Å². The Morgan fingerprint density at radius 2 is 2.16 bits per heavy atom. The summed E-state index contributed by atoms with van der Waals surface area (Å²) in [5.41, 5.74) is 1.32. The summed E-state index contributed by atoms with van der Waals surface area (Å²) in [6, 6.07) is 6.21. The molecule has 1 atom stereocenters. The lowest BCUT2D eigenvalue weighted by atomic mass is 10.1. The topological polar surface area (TPSA) is 79.3 Å². The van der Waals surface area contributed by atoms with Crippen molar-refractivity contribution < 1.29 is 13.5 Å². The molecule has 1 aromatic carbocycles. The zero-order valence-corrected chi connectivity index (χ0v) is 12.1. The Hall–Kier alpha value is -1.44. The van der Waals surface area contributed by atoms with Crippen molar-refractivity contribution >= 4 is 26.5 Å². The molecular weight excluding hydrogens is 284 g/mol. The van der Waals surface area contributed by atoms with Gasteiger partial charge in [-0.3, -0.25) is 4.72 Å². The fourth-order valence-electron chi connectivity index (χ4n) is 1.52. The van der Waals surface area contributed by atoms with Crippen LogP contribution in [0.4, 0.5) is 5.13 Å². The van der Waals surface area contributed by atoms with Gasteiger partial charge in [0.15, 0.2) is 5.13 Å². The number of nitrogens with zero attached hydrogens (tertiary/aromatic N) is 1. The van der Waals surface area contributed by atoms with E-state index in [1.165, 1.54) is 23.5 Å². The quantitative estimate of drug-likeness (QED) is 0.907. The number of sulfonamides is 1. The number of rotatable bonds is 4. The van der Waals surface area contributed by atoms with Gasteiger partial charge in [0.2, 0.25) is 0 Å². The number of aliphatic hydroxyl groups excluding tert-OH is 1. The highest BCUT2D eigenvalue weighted by atomic mass is 32.2. The molecule has 0 aliphatic rings. The first-order valence-corrected chi connectivity index (χ1v) is 7.98. The van der Waals surface area contributed by atoms with Gasteiger partial charge in [-0.15, -0.1) is 11.3 Å². The number of benzene rings is 1. The minimum Gasteiger partial charge on any atom is -0.389 e. The SMILES string of the molecule is Cc1csc(NS(=O)(=O)c2cccc(C(C)O)c2)n1. The fraction of sp³-hybridized carbons (Fsp3) is 0.250. The average molecular weight is 298 g/mol. The Balaban J connectivity index is 2.31. The average Bonchev–Trinajstić information content (AvgIpc) is 2.74. The predicted molar refractivity (Wildman–Crippen MR) is 74.7 cm³/mol. The zero-order valence-electron chi connectivity index (χ0n) is 10.5. The van der Waals surface area contributed by atoms with Crippen molar-refractivity contribution in [3.63, 3.8) is 0 Å². The molecule has 0 radical (unpaired) electrons. The highest BCUT2D eigenvalue weighted by molar-refractivity contribution is 7.93. The van der Waals surface area contributed by atoms with Crippen molar-refractivity contribution in [2.75, 3.05) is 4.72 Å². The van der Waals surface area contributed by atoms with Crippen molar-refractivity contribution in [3.05, 3.63) is 40.9 Å². The van der Waals surface area contributed by atoms with Gasteiger partial charge in [0, 0.05) is 5.38 Å². The van der Waals surface area contributed by atoms with E-state index in [4.69, 9.17) is 0 Å². The Kier molecular flexibility index (Phi) is 3.88. The molecule has 1 aromatic heterocycles. The second kappa shape index (κ2) is 5.28. The summed E-state index contributed by atoms with van der Waals surface area (Å²) in [7, 11) is -3.67. The van der Waals surface area contributed by atoms with Gasteiger partial charge in [0.05, 0.1) is 16.7 Å². The summed E-state index contributed by atoms with van der Waals surface area (Å²) < 4.78 is 26.7. The Morgan fingerprint density at radius 3 is 2.74 bits per heavy atom. The molecule has 0 spiro atoms. The van der Waals surface area contributed by atoms with Crippen molar-refractivity contribution in [3.8, 4) is 0 Å². The molecule has 0 amide bonds. The molecule has 2 rings (SSSR count). The van der Waals surface area contributed by atoms with Crippen LogP contribution in [0.15, 0.2) is 34.5 Å². The van der Waals surface area contributed by atoms with Gasteiger partial charge in [-0.05, 0) is 31.5 Å². The third kappa shape index (κ3) is 3.31. The van der Waals surface area contributed by atoms with Crippen molar-refractivity contribution in [2.24, 2.45) is 0 Å². The van der Waals surface area contributed by atoms with Crippen LogP contribution in [-0.4, -0.2) is 18.5 Å². The minimum absolute atomic E-state index is 0.110. The van der Waals surface area contributed by atoms with E-state index in [-0.39, 0.29) is 4.90 Å². The first kappa shape index (κ1) is 14.0. The van der Waals surface area contributed by atoms with Crippen LogP contribution in [0.5, 0.6) is 0 Å². The van der Waals surface area contributed by atoms with Crippen LogP contribution < -0.4 is 4.72 Å². The summed E-state index contributed by atoms with van der Waals surface area (Å²) in [6.45, 7) is 3.38. The molecule has 19 heavy (non-hydrogen) atoms. The second-order valence-corrected chi connectivity index (χ2v) is 6.69. The zero-order chi connectivity index (χ0) is 14.0. The maximum absolute atomic E-state index is 12.2. The predicted octanol–water partition coefficient (Wildman–Crippen LogP) is 2.31. The molecular formula is C12H14N2O3S2. The van der Waals surface area contributed by atoms with Gasteiger partial charge in [0.25, 0.3) is 10.0 Å². The highest BCUT2D eigenvalue weighted by Gasteiger charge is 2.17. The maximum atomic E-state index is 12.2. The van der Waals surface area contributed by atoms with Crippen LogP contribution in [0, 0.1) is 6.92 Å². The van der Waals surface area contributed by atoms with Crippen LogP contribution in [0.25, 0.3) is 0 Å². The van der Waals surface area contributed by atoms with Gasteiger partial charge < -0.3 is 5.11 Å². The van der Waals surface area contributed by atoms with E-state index in [1.807, 2.05) is 0 Å². The van der Waals surface area contributed by atoms with Crippen LogP contribution in [0.3, 0.4) is 0 Å². The molecule has 0 saturated carbocycles. The van der Waals surface area contributed by atoms with Crippen molar-refractivity contribution in [1.29, 1.82) is 0 Å². The molecule has 0 saturated heterocycles. The van der Waals surface area contributed by atoms with Crippen molar-refractivity contribution in [2.45, 2.75) is 24.8 Å². The van der Waals surface area contributed by atoms with Crippen LogP contribution in [0.2, 0.25) is 0 Å². The molecule has 102 valence electrons. The summed E-state index contributed by atoms with van der Waals surface area (Å²) in [6.07, 6.45) is -0.711. The monoisotopic (exact) mass is 298 g/mol. The number of anilines is 1. The van der Waals surface area contributed by atoms with E-state index < -0.39 is 16.1 Å². The molecule has 0 aliphatic heterocycles. The Morgan fingerprint density at radius 1 is 1.42 bits per heavy atom. The van der Waals surface area contributed by atoms with Crippen LogP contribution >= 0.6 is 11.3 Å². The normalized spacial score (nSPS) is 13.2. The number of aliphatic hydroxyl groups is 1. The molecule has 0 bridgehead atoms. The summed E-state index contributed by atoms with van der Waals surface area (Å²) in [4.78, 5) is 4.17. The fourth-order valence-corrected chi connectivity index (χ4v) is 3.51. The van der Waals surface area contributed by atoms with Gasteiger partial charge in [0.1, 0.15) is 0 Å². The lowest BCUT2D eigenvalue weighted by Gasteiger charge is -2.08. The Bertz CT molecular complexity index is 678. The third-order valence-electron chi connectivity index (χ3n) is 2.49. The molecule has 1 heterocycles. The highest BCUT2D eigenvalue weighted by Crippen LogP contribution is 2.22. The molecule has 2 aromatic rings. The van der Waals surface area contributed by atoms with E-state index in [1.54, 1.807) is 31.4 Å². The van der Waals surface area contributed by atoms with E-state index in [9.17, 15) is 13.5 Å². The lowest BCUT2D eigenvalue weighted by molar-refractivity contribution is 0.199. The van der Waals surface area contributed by atoms with Crippen molar-refractivity contribution in [1.82, 2.24) is 4.98 Å². The molecule has 5 nitrogen and oxygen atoms in total. The van der Waals surface area contributed by atoms with Gasteiger partial charge in [-0.2, -0.15) is 0 Å². The standard InChI is InChI=1S/C12H14N2O3S2/c1-8-7-18-12(13-8)14-19(16,17)11-5-3-4-10(6-11)9(2)15/h3-7,9,15H,1-2H3,(H,13,14). The summed E-state index contributed by atoms with van der Waals surface area (Å²) in [5.74, 6) is 0. The first-order valence-electron chi connectivity index (χ1n) is 5.61. The molecule has 0 aliphatic carbocycles. The number of aromatic nitrogens is 1. The molecule has 1 unspecified atom stereocenters. The van der Waals surface area contributed by atoms with Gasteiger partial charge in [-0.25, -0.2) is 13.4 Å². The second-order valence-electron chi connectivity index (χ2n) is 4.15. The van der Waals surface area contributed by atoms with E-state index in [2.05, 4.69) is 9.71 Å².